The van der Waals surface area contributed by atoms with Gasteiger partial charge in [0.15, 0.2) is 15.7 Å². The molecule has 0 N–H and O–H groups in total. The van der Waals surface area contributed by atoms with Crippen LogP contribution >= 0.6 is 0 Å². The standard InChI is InChI=1S/C17H18N4O4S/c1-24-14-9-12(3-5-15(14)26(2,22)23)10-16-20-17(25-21-16)6-4-13-11-18-7-8-19-13/h3,5,7-9,11H,4,6,10H2,1-2H3. The van der Waals surface area contributed by atoms with Gasteiger partial charge in [-0.05, 0) is 24.1 Å². The molecule has 3 rings (SSSR count). The van der Waals surface area contributed by atoms with Gasteiger partial charge < -0.3 is 9.26 Å². The van der Waals surface area contributed by atoms with E-state index in [0.717, 1.165) is 17.5 Å². The number of aryl methyl sites for hydroxylation is 2. The third-order valence-corrected chi connectivity index (χ3v) is 4.85. The average molecular weight is 374 g/mol. The highest BCUT2D eigenvalue weighted by molar-refractivity contribution is 7.90. The number of aromatic nitrogens is 4. The highest BCUT2D eigenvalue weighted by atomic mass is 32.2. The smallest absolute Gasteiger partial charge is 0.227 e. The number of hydrogen-bond acceptors (Lipinski definition) is 8. The van der Waals surface area contributed by atoms with E-state index in [4.69, 9.17) is 9.26 Å². The van der Waals surface area contributed by atoms with E-state index in [2.05, 4.69) is 20.1 Å². The summed E-state index contributed by atoms with van der Waals surface area (Å²) in [5.74, 6) is 1.34. The van der Waals surface area contributed by atoms with Gasteiger partial charge in [0.2, 0.25) is 5.89 Å². The van der Waals surface area contributed by atoms with Crippen molar-refractivity contribution in [2.45, 2.75) is 24.2 Å². The van der Waals surface area contributed by atoms with Crippen LogP contribution in [-0.4, -0.2) is 41.9 Å². The second kappa shape index (κ2) is 7.61. The fraction of sp³-hybridized carbons (Fsp3) is 0.294. The largest absolute Gasteiger partial charge is 0.495 e. The molecule has 0 saturated heterocycles. The Morgan fingerprint density at radius 1 is 1.19 bits per heavy atom. The predicted octanol–water partition coefficient (Wildman–Crippen LogP) is 1.65. The van der Waals surface area contributed by atoms with Crippen LogP contribution in [0.3, 0.4) is 0 Å². The summed E-state index contributed by atoms with van der Waals surface area (Å²) in [6.45, 7) is 0. The van der Waals surface area contributed by atoms with Gasteiger partial charge in [-0.2, -0.15) is 4.98 Å². The number of hydrogen-bond donors (Lipinski definition) is 0. The van der Waals surface area contributed by atoms with Crippen molar-refractivity contribution >= 4 is 9.84 Å². The quantitative estimate of drug-likeness (QED) is 0.614. The molecule has 3 aromatic rings. The highest BCUT2D eigenvalue weighted by Gasteiger charge is 2.15. The zero-order valence-corrected chi connectivity index (χ0v) is 15.2. The van der Waals surface area contributed by atoms with Gasteiger partial charge in [-0.3, -0.25) is 9.97 Å². The Morgan fingerprint density at radius 2 is 2.04 bits per heavy atom. The van der Waals surface area contributed by atoms with E-state index < -0.39 is 9.84 Å². The monoisotopic (exact) mass is 374 g/mol. The average Bonchev–Trinajstić information content (AvgIpc) is 3.07. The minimum absolute atomic E-state index is 0.154. The molecule has 8 nitrogen and oxygen atoms in total. The summed E-state index contributed by atoms with van der Waals surface area (Å²) in [5, 5.41) is 3.97. The van der Waals surface area contributed by atoms with Crippen molar-refractivity contribution in [3.05, 3.63) is 59.8 Å². The zero-order valence-electron chi connectivity index (χ0n) is 14.4. The van der Waals surface area contributed by atoms with Crippen LogP contribution in [0.25, 0.3) is 0 Å². The first-order valence-corrected chi connectivity index (χ1v) is 9.78. The van der Waals surface area contributed by atoms with Crippen molar-refractivity contribution in [1.82, 2.24) is 20.1 Å². The maximum atomic E-state index is 11.7. The summed E-state index contributed by atoms with van der Waals surface area (Å²) >= 11 is 0. The van der Waals surface area contributed by atoms with Crippen molar-refractivity contribution in [2.75, 3.05) is 13.4 Å². The normalized spacial score (nSPS) is 11.5. The predicted molar refractivity (Wildman–Crippen MR) is 92.6 cm³/mol. The van der Waals surface area contributed by atoms with E-state index >= 15 is 0 Å². The van der Waals surface area contributed by atoms with Gasteiger partial charge in [0.05, 0.1) is 12.8 Å². The number of methoxy groups -OCH3 is 1. The first-order valence-electron chi connectivity index (χ1n) is 7.89. The van der Waals surface area contributed by atoms with Crippen LogP contribution < -0.4 is 4.74 Å². The molecule has 0 aliphatic rings. The summed E-state index contributed by atoms with van der Waals surface area (Å²) < 4.78 is 33.9. The molecule has 0 bridgehead atoms. The van der Waals surface area contributed by atoms with Gasteiger partial charge in [-0.1, -0.05) is 11.2 Å². The number of ether oxygens (including phenoxy) is 1. The molecule has 0 amide bonds. The number of sulfone groups is 1. The molecule has 0 fully saturated rings. The fourth-order valence-corrected chi connectivity index (χ4v) is 3.29. The summed E-state index contributed by atoms with van der Waals surface area (Å²) in [6.07, 6.45) is 7.75. The topological polar surface area (TPSA) is 108 Å². The lowest BCUT2D eigenvalue weighted by molar-refractivity contribution is 0.373. The molecule has 26 heavy (non-hydrogen) atoms. The van der Waals surface area contributed by atoms with Crippen LogP contribution in [0.15, 0.2) is 46.2 Å². The van der Waals surface area contributed by atoms with Gasteiger partial charge in [0.1, 0.15) is 10.6 Å². The minimum Gasteiger partial charge on any atom is -0.495 e. The lowest BCUT2D eigenvalue weighted by Gasteiger charge is -2.08. The maximum Gasteiger partial charge on any atom is 0.227 e. The molecule has 0 saturated carbocycles. The Hall–Kier alpha value is -2.81. The third-order valence-electron chi connectivity index (χ3n) is 3.71. The molecule has 0 spiro atoms. The molecule has 0 atom stereocenters. The van der Waals surface area contributed by atoms with E-state index in [9.17, 15) is 8.42 Å². The van der Waals surface area contributed by atoms with Crippen molar-refractivity contribution in [2.24, 2.45) is 0 Å². The van der Waals surface area contributed by atoms with E-state index in [1.165, 1.54) is 13.2 Å². The summed E-state index contributed by atoms with van der Waals surface area (Å²) in [7, 11) is -1.91. The van der Waals surface area contributed by atoms with Gasteiger partial charge in [0, 0.05) is 37.7 Å². The molecule has 2 aromatic heterocycles. The van der Waals surface area contributed by atoms with E-state index in [1.807, 2.05) is 0 Å². The molecular weight excluding hydrogens is 356 g/mol. The summed E-state index contributed by atoms with van der Waals surface area (Å²) in [5.41, 5.74) is 1.68. The Morgan fingerprint density at radius 3 is 2.73 bits per heavy atom. The molecule has 2 heterocycles. The maximum absolute atomic E-state index is 11.7. The number of nitrogens with zero attached hydrogens (tertiary/aromatic N) is 4. The van der Waals surface area contributed by atoms with E-state index in [1.54, 1.807) is 30.7 Å². The molecule has 9 heteroatoms. The first-order chi connectivity index (χ1) is 12.5. The molecule has 0 radical (unpaired) electrons. The molecular formula is C17H18N4O4S. The van der Waals surface area contributed by atoms with Crippen molar-refractivity contribution in [1.29, 1.82) is 0 Å². The van der Waals surface area contributed by atoms with Crippen LogP contribution in [0.5, 0.6) is 5.75 Å². The summed E-state index contributed by atoms with van der Waals surface area (Å²) in [4.78, 5) is 12.7. The first kappa shape index (κ1) is 18.0. The zero-order chi connectivity index (χ0) is 18.6. The van der Waals surface area contributed by atoms with Crippen molar-refractivity contribution in [3.63, 3.8) is 0 Å². The minimum atomic E-state index is -3.35. The second-order valence-electron chi connectivity index (χ2n) is 5.74. The van der Waals surface area contributed by atoms with Gasteiger partial charge in [-0.15, -0.1) is 0 Å². The Balaban J connectivity index is 1.69. The van der Waals surface area contributed by atoms with Crippen LogP contribution in [-0.2, 0) is 29.1 Å². The highest BCUT2D eigenvalue weighted by Crippen LogP contribution is 2.25. The molecule has 0 unspecified atom stereocenters. The summed E-state index contributed by atoms with van der Waals surface area (Å²) in [6, 6.07) is 4.92. The van der Waals surface area contributed by atoms with Crippen molar-refractivity contribution in [3.8, 4) is 5.75 Å². The van der Waals surface area contributed by atoms with Crippen molar-refractivity contribution < 1.29 is 17.7 Å². The van der Waals surface area contributed by atoms with Crippen LogP contribution in [0.2, 0.25) is 0 Å². The second-order valence-corrected chi connectivity index (χ2v) is 7.72. The lowest BCUT2D eigenvalue weighted by Crippen LogP contribution is -2.02. The number of benzene rings is 1. The van der Waals surface area contributed by atoms with Gasteiger partial charge >= 0.3 is 0 Å². The molecule has 1 aromatic carbocycles. The fourth-order valence-electron chi connectivity index (χ4n) is 2.47. The molecule has 0 aliphatic carbocycles. The molecule has 136 valence electrons. The Bertz CT molecular complexity index is 987. The lowest BCUT2D eigenvalue weighted by atomic mass is 10.1. The Labute approximate surface area is 151 Å². The SMILES string of the molecule is COc1cc(Cc2noc(CCc3cnccn3)n2)ccc1S(C)(=O)=O. The van der Waals surface area contributed by atoms with Gasteiger partial charge in [0.25, 0.3) is 0 Å². The molecule has 0 aliphatic heterocycles. The van der Waals surface area contributed by atoms with E-state index in [0.29, 0.717) is 36.7 Å². The Kier molecular flexibility index (Phi) is 5.27. The number of rotatable bonds is 7. The van der Waals surface area contributed by atoms with E-state index in [-0.39, 0.29) is 4.90 Å². The third kappa shape index (κ3) is 4.42. The van der Waals surface area contributed by atoms with Crippen LogP contribution in [0, 0.1) is 0 Å². The van der Waals surface area contributed by atoms with Crippen LogP contribution in [0.4, 0.5) is 0 Å². The van der Waals surface area contributed by atoms with Crippen LogP contribution in [0.1, 0.15) is 23.0 Å². The van der Waals surface area contributed by atoms with Gasteiger partial charge in [-0.25, -0.2) is 8.42 Å².